The van der Waals surface area contributed by atoms with Crippen LogP contribution in [0.4, 0.5) is 16.4 Å². The van der Waals surface area contributed by atoms with Crippen molar-refractivity contribution in [1.82, 2.24) is 0 Å². The van der Waals surface area contributed by atoms with Crippen molar-refractivity contribution < 1.29 is 24.4 Å². The first-order valence-electron chi connectivity index (χ1n) is 9.16. The number of ether oxygens (including phenoxy) is 1. The Morgan fingerprint density at radius 2 is 1.94 bits per heavy atom. The van der Waals surface area contributed by atoms with Crippen LogP contribution in [-0.2, 0) is 4.74 Å². The zero-order valence-electron chi connectivity index (χ0n) is 16.5. The molecule has 0 saturated carbocycles. The van der Waals surface area contributed by atoms with E-state index in [1.165, 1.54) is 19.2 Å². The molecule has 0 aliphatic rings. The van der Waals surface area contributed by atoms with E-state index in [9.17, 15) is 19.7 Å². The average Bonchev–Trinajstić information content (AvgIpc) is 3.20. The third-order valence-electron chi connectivity index (χ3n) is 4.38. The van der Waals surface area contributed by atoms with Crippen molar-refractivity contribution in [2.24, 2.45) is 0 Å². The van der Waals surface area contributed by atoms with Crippen LogP contribution in [-0.4, -0.2) is 42.2 Å². The van der Waals surface area contributed by atoms with Crippen molar-refractivity contribution in [3.8, 4) is 11.1 Å². The van der Waals surface area contributed by atoms with Crippen molar-refractivity contribution in [1.29, 1.82) is 0 Å². The zero-order valence-corrected chi connectivity index (χ0v) is 17.3. The van der Waals surface area contributed by atoms with E-state index in [0.717, 1.165) is 23.0 Å². The third-order valence-corrected chi connectivity index (χ3v) is 5.27. The minimum Gasteiger partial charge on any atom is -0.465 e. The number of nitro groups is 1. The predicted octanol–water partition coefficient (Wildman–Crippen LogP) is 3.77. The van der Waals surface area contributed by atoms with Crippen LogP contribution in [0.5, 0.6) is 0 Å². The molecule has 0 fully saturated rings. The lowest BCUT2D eigenvalue weighted by molar-refractivity contribution is -0.384. The molecular weight excluding hydrogens is 422 g/mol. The fourth-order valence-corrected chi connectivity index (χ4v) is 3.88. The van der Waals surface area contributed by atoms with Gasteiger partial charge in [0.2, 0.25) is 0 Å². The van der Waals surface area contributed by atoms with Crippen molar-refractivity contribution >= 4 is 39.6 Å². The van der Waals surface area contributed by atoms with Crippen molar-refractivity contribution in [3.63, 3.8) is 0 Å². The van der Waals surface area contributed by atoms with E-state index in [1.54, 1.807) is 5.38 Å². The molecule has 0 radical (unpaired) electrons. The molecular formula is C21H19N3O6S. The van der Waals surface area contributed by atoms with E-state index in [1.807, 2.05) is 30.3 Å². The smallest absolute Gasteiger partial charge is 0.341 e. The highest BCUT2D eigenvalue weighted by atomic mass is 32.1. The lowest BCUT2D eigenvalue weighted by Crippen LogP contribution is -2.15. The molecule has 1 amide bonds. The summed E-state index contributed by atoms with van der Waals surface area (Å²) in [5.41, 5.74) is 1.55. The molecule has 160 valence electrons. The minimum absolute atomic E-state index is 0.0479. The monoisotopic (exact) mass is 441 g/mol. The first kappa shape index (κ1) is 21.9. The van der Waals surface area contributed by atoms with Crippen LogP contribution in [0.3, 0.4) is 0 Å². The van der Waals surface area contributed by atoms with Gasteiger partial charge in [0.15, 0.2) is 0 Å². The number of aliphatic hydroxyl groups excluding tert-OH is 1. The number of esters is 1. The maximum atomic E-state index is 12.8. The fraction of sp³-hybridized carbons (Fsp3) is 0.143. The quantitative estimate of drug-likeness (QED) is 0.275. The summed E-state index contributed by atoms with van der Waals surface area (Å²) in [7, 11) is 1.25. The number of carbonyl (C=O) groups excluding carboxylic acids is 2. The summed E-state index contributed by atoms with van der Waals surface area (Å²) in [4.78, 5) is 36.0. The number of rotatable bonds is 8. The Morgan fingerprint density at radius 1 is 1.19 bits per heavy atom. The molecule has 31 heavy (non-hydrogen) atoms. The maximum absolute atomic E-state index is 12.8. The lowest BCUT2D eigenvalue weighted by atomic mass is 10.0. The second kappa shape index (κ2) is 9.83. The first-order chi connectivity index (χ1) is 15.0. The largest absolute Gasteiger partial charge is 0.465 e. The number of nitrogens with one attached hydrogen (secondary N) is 2. The number of nitrogens with zero attached hydrogens (tertiary/aromatic N) is 1. The molecule has 3 rings (SSSR count). The summed E-state index contributed by atoms with van der Waals surface area (Å²) >= 11 is 1.16. The number of hydrogen-bond acceptors (Lipinski definition) is 8. The number of amides is 1. The SMILES string of the molecule is COC(=O)c1c(-c2ccccc2)csc1NC(=O)c1ccc(NCCO)c([N+](=O)[O-])c1. The van der Waals surface area contributed by atoms with Crippen LogP contribution in [0.1, 0.15) is 20.7 Å². The average molecular weight is 441 g/mol. The summed E-state index contributed by atoms with van der Waals surface area (Å²) in [5.74, 6) is -1.21. The summed E-state index contributed by atoms with van der Waals surface area (Å²) in [6, 6.07) is 13.1. The number of methoxy groups -OCH3 is 1. The van der Waals surface area contributed by atoms with Crippen LogP contribution in [0.15, 0.2) is 53.9 Å². The minimum atomic E-state index is -0.616. The number of anilines is 2. The van der Waals surface area contributed by atoms with Gasteiger partial charge in [-0.1, -0.05) is 30.3 Å². The Kier molecular flexibility index (Phi) is 6.96. The van der Waals surface area contributed by atoms with E-state index >= 15 is 0 Å². The van der Waals surface area contributed by atoms with E-state index < -0.39 is 16.8 Å². The molecule has 3 aromatic rings. The molecule has 0 aliphatic heterocycles. The molecule has 0 spiro atoms. The molecule has 1 heterocycles. The van der Waals surface area contributed by atoms with Gasteiger partial charge in [0.1, 0.15) is 16.3 Å². The molecule has 1 aromatic heterocycles. The predicted molar refractivity (Wildman–Crippen MR) is 118 cm³/mol. The molecule has 0 bridgehead atoms. The van der Waals surface area contributed by atoms with Gasteiger partial charge in [-0.2, -0.15) is 0 Å². The molecule has 10 heteroatoms. The normalized spacial score (nSPS) is 10.4. The van der Waals surface area contributed by atoms with Gasteiger partial charge in [-0.15, -0.1) is 11.3 Å². The van der Waals surface area contributed by atoms with Crippen molar-refractivity contribution in [3.05, 3.63) is 75.2 Å². The van der Waals surface area contributed by atoms with Gasteiger partial charge in [-0.25, -0.2) is 4.79 Å². The molecule has 0 unspecified atom stereocenters. The highest BCUT2D eigenvalue weighted by Gasteiger charge is 2.24. The van der Waals surface area contributed by atoms with Crippen LogP contribution in [0.2, 0.25) is 0 Å². The Balaban J connectivity index is 1.93. The van der Waals surface area contributed by atoms with Gasteiger partial charge >= 0.3 is 5.97 Å². The molecule has 2 aromatic carbocycles. The number of nitro benzene ring substituents is 1. The van der Waals surface area contributed by atoms with Crippen molar-refractivity contribution in [2.45, 2.75) is 0 Å². The molecule has 3 N–H and O–H groups in total. The highest BCUT2D eigenvalue weighted by Crippen LogP contribution is 2.36. The maximum Gasteiger partial charge on any atom is 0.341 e. The number of aliphatic hydroxyl groups is 1. The van der Waals surface area contributed by atoms with E-state index in [0.29, 0.717) is 5.56 Å². The molecule has 9 nitrogen and oxygen atoms in total. The topological polar surface area (TPSA) is 131 Å². The first-order valence-corrected chi connectivity index (χ1v) is 10.0. The van der Waals surface area contributed by atoms with Gasteiger partial charge in [0.05, 0.1) is 18.6 Å². The highest BCUT2D eigenvalue weighted by molar-refractivity contribution is 7.15. The Morgan fingerprint density at radius 3 is 2.58 bits per heavy atom. The van der Waals surface area contributed by atoms with Crippen LogP contribution in [0, 0.1) is 10.1 Å². The summed E-state index contributed by atoms with van der Waals surface area (Å²) in [6.45, 7) is -0.0653. The van der Waals surface area contributed by atoms with E-state index in [-0.39, 0.29) is 40.7 Å². The number of thiophene rings is 1. The van der Waals surface area contributed by atoms with Gasteiger partial charge in [0, 0.05) is 29.1 Å². The van der Waals surface area contributed by atoms with E-state index in [4.69, 9.17) is 9.84 Å². The summed E-state index contributed by atoms with van der Waals surface area (Å²) < 4.78 is 4.89. The Hall–Kier alpha value is -3.76. The van der Waals surface area contributed by atoms with Crippen LogP contribution >= 0.6 is 11.3 Å². The molecule has 0 saturated heterocycles. The van der Waals surface area contributed by atoms with E-state index in [2.05, 4.69) is 10.6 Å². The number of carbonyl (C=O) groups is 2. The second-order valence-corrected chi connectivity index (χ2v) is 7.18. The number of benzene rings is 2. The van der Waals surface area contributed by atoms with Crippen LogP contribution < -0.4 is 10.6 Å². The third kappa shape index (κ3) is 4.87. The Bertz CT molecular complexity index is 1110. The Labute approximate surface area is 181 Å². The summed E-state index contributed by atoms with van der Waals surface area (Å²) in [6.07, 6.45) is 0. The standard InChI is InChI=1S/C21H19N3O6S/c1-30-21(27)18-15(13-5-3-2-4-6-13)12-31-20(18)23-19(26)14-7-8-16(22-9-10-25)17(11-14)24(28)29/h2-8,11-12,22,25H,9-10H2,1H3,(H,23,26). The van der Waals surface area contributed by atoms with Crippen LogP contribution in [0.25, 0.3) is 11.1 Å². The van der Waals surface area contributed by atoms with Gasteiger partial charge in [-0.05, 0) is 17.7 Å². The zero-order chi connectivity index (χ0) is 22.4. The summed E-state index contributed by atoms with van der Waals surface area (Å²) in [5, 5.41) is 27.7. The second-order valence-electron chi connectivity index (χ2n) is 6.30. The fourth-order valence-electron chi connectivity index (χ4n) is 2.92. The van der Waals surface area contributed by atoms with Gasteiger partial charge in [0.25, 0.3) is 11.6 Å². The number of hydrogen-bond donors (Lipinski definition) is 3. The lowest BCUT2D eigenvalue weighted by Gasteiger charge is -2.09. The van der Waals surface area contributed by atoms with Gasteiger partial charge in [-0.3, -0.25) is 14.9 Å². The van der Waals surface area contributed by atoms with Crippen molar-refractivity contribution in [2.75, 3.05) is 30.9 Å². The van der Waals surface area contributed by atoms with Gasteiger partial charge < -0.3 is 20.5 Å². The molecule has 0 atom stereocenters. The molecule has 0 aliphatic carbocycles.